The van der Waals surface area contributed by atoms with Gasteiger partial charge >= 0.3 is 0 Å². The average molecular weight is 419 g/mol. The van der Waals surface area contributed by atoms with Crippen LogP contribution >= 0.6 is 31.9 Å². The van der Waals surface area contributed by atoms with E-state index in [9.17, 15) is 9.59 Å². The number of carbonyl (C=O) groups excluding carboxylic acids is 2. The topological polar surface area (TPSA) is 52.7 Å². The zero-order chi connectivity index (χ0) is 15.4. The maximum absolute atomic E-state index is 12.4. The quantitative estimate of drug-likeness (QED) is 0.812. The highest BCUT2D eigenvalue weighted by molar-refractivity contribution is 9.11. The fourth-order valence-corrected chi connectivity index (χ4v) is 2.93. The van der Waals surface area contributed by atoms with Gasteiger partial charge in [-0.15, -0.1) is 0 Å². The molecule has 1 aliphatic heterocycles. The summed E-state index contributed by atoms with van der Waals surface area (Å²) in [5.41, 5.74) is 0.542. The largest absolute Gasteiger partial charge is 0.339 e. The van der Waals surface area contributed by atoms with Crippen molar-refractivity contribution in [2.24, 2.45) is 0 Å². The summed E-state index contributed by atoms with van der Waals surface area (Å²) in [6, 6.07) is 5.41. The van der Waals surface area contributed by atoms with Gasteiger partial charge in [0.25, 0.3) is 5.91 Å². The van der Waals surface area contributed by atoms with Gasteiger partial charge in [-0.1, -0.05) is 15.9 Å². The zero-order valence-corrected chi connectivity index (χ0v) is 14.9. The van der Waals surface area contributed by atoms with Crippen molar-refractivity contribution in [3.8, 4) is 0 Å². The molecule has 1 heterocycles. The number of likely N-dealkylation sites (N-methyl/N-ethyl adjacent to an activating group) is 1. The lowest BCUT2D eigenvalue weighted by atomic mass is 10.2. The smallest absolute Gasteiger partial charge is 0.255 e. The number of nitrogens with one attached hydrogen (secondary N) is 1. The molecule has 7 heteroatoms. The maximum Gasteiger partial charge on any atom is 0.255 e. The van der Waals surface area contributed by atoms with Crippen LogP contribution in [0.1, 0.15) is 10.4 Å². The van der Waals surface area contributed by atoms with Gasteiger partial charge in [0.1, 0.15) is 0 Å². The molecule has 1 aromatic carbocycles. The van der Waals surface area contributed by atoms with Gasteiger partial charge in [-0.25, -0.2) is 0 Å². The van der Waals surface area contributed by atoms with E-state index in [1.54, 1.807) is 18.0 Å². The standard InChI is InChI=1S/C14H17Br2N3O2/c1-18(9-13(20)19-6-4-17-5-7-19)14(21)11-8-10(15)2-3-12(11)16/h2-3,8,17H,4-7,9H2,1H3. The highest BCUT2D eigenvalue weighted by Gasteiger charge is 2.21. The number of nitrogens with zero attached hydrogens (tertiary/aromatic N) is 2. The summed E-state index contributed by atoms with van der Waals surface area (Å²) in [5.74, 6) is -0.190. The molecule has 0 radical (unpaired) electrons. The van der Waals surface area contributed by atoms with E-state index in [0.29, 0.717) is 18.7 Å². The third-order valence-corrected chi connectivity index (χ3v) is 4.53. The van der Waals surface area contributed by atoms with E-state index in [1.807, 2.05) is 12.1 Å². The summed E-state index contributed by atoms with van der Waals surface area (Å²) in [5, 5.41) is 3.20. The summed E-state index contributed by atoms with van der Waals surface area (Å²) in [7, 11) is 1.65. The predicted octanol–water partition coefficient (Wildman–Crippen LogP) is 1.72. The second kappa shape index (κ2) is 7.38. The number of hydrogen-bond acceptors (Lipinski definition) is 3. The first-order chi connectivity index (χ1) is 9.99. The van der Waals surface area contributed by atoms with Crippen LogP contribution in [0.4, 0.5) is 0 Å². The molecule has 1 N–H and O–H groups in total. The molecule has 0 spiro atoms. The van der Waals surface area contributed by atoms with E-state index in [4.69, 9.17) is 0 Å². The van der Waals surface area contributed by atoms with Gasteiger partial charge in [0.15, 0.2) is 0 Å². The first-order valence-electron chi connectivity index (χ1n) is 6.68. The van der Waals surface area contributed by atoms with Gasteiger partial charge < -0.3 is 15.1 Å². The predicted molar refractivity (Wildman–Crippen MR) is 88.3 cm³/mol. The van der Waals surface area contributed by atoms with Crippen molar-refractivity contribution < 1.29 is 9.59 Å². The zero-order valence-electron chi connectivity index (χ0n) is 11.7. The Balaban J connectivity index is 2.02. The van der Waals surface area contributed by atoms with Gasteiger partial charge in [-0.3, -0.25) is 9.59 Å². The number of halogens is 2. The minimum Gasteiger partial charge on any atom is -0.339 e. The van der Waals surface area contributed by atoms with Crippen LogP contribution in [-0.2, 0) is 4.79 Å². The van der Waals surface area contributed by atoms with Crippen molar-refractivity contribution in [1.82, 2.24) is 15.1 Å². The number of carbonyl (C=O) groups is 2. The van der Waals surface area contributed by atoms with Crippen LogP contribution in [0, 0.1) is 0 Å². The number of rotatable bonds is 3. The van der Waals surface area contributed by atoms with Gasteiger partial charge in [0, 0.05) is 42.2 Å². The number of benzene rings is 1. The van der Waals surface area contributed by atoms with Crippen LogP contribution in [0.5, 0.6) is 0 Å². The summed E-state index contributed by atoms with van der Waals surface area (Å²) < 4.78 is 1.55. The maximum atomic E-state index is 12.4. The molecular weight excluding hydrogens is 402 g/mol. The Morgan fingerprint density at radius 2 is 1.95 bits per heavy atom. The molecule has 5 nitrogen and oxygen atoms in total. The number of hydrogen-bond donors (Lipinski definition) is 1. The molecule has 0 aliphatic carbocycles. The van der Waals surface area contributed by atoms with E-state index < -0.39 is 0 Å². The molecule has 0 atom stereocenters. The summed E-state index contributed by atoms with van der Waals surface area (Å²) in [6.07, 6.45) is 0. The van der Waals surface area contributed by atoms with E-state index in [0.717, 1.165) is 22.0 Å². The Morgan fingerprint density at radius 1 is 1.29 bits per heavy atom. The summed E-state index contributed by atoms with van der Waals surface area (Å²) in [6.45, 7) is 3.10. The highest BCUT2D eigenvalue weighted by Crippen LogP contribution is 2.22. The summed E-state index contributed by atoms with van der Waals surface area (Å²) >= 11 is 6.72. The van der Waals surface area contributed by atoms with Crippen LogP contribution < -0.4 is 5.32 Å². The lowest BCUT2D eigenvalue weighted by Crippen LogP contribution is -2.49. The molecule has 0 saturated carbocycles. The third kappa shape index (κ3) is 4.28. The van der Waals surface area contributed by atoms with E-state index in [2.05, 4.69) is 37.2 Å². The molecule has 2 amide bonds. The lowest BCUT2D eigenvalue weighted by Gasteiger charge is -2.29. The van der Waals surface area contributed by atoms with E-state index in [-0.39, 0.29) is 18.4 Å². The minimum absolute atomic E-state index is 0.0153. The monoisotopic (exact) mass is 417 g/mol. The van der Waals surface area contributed by atoms with Crippen LogP contribution in [0.15, 0.2) is 27.1 Å². The molecule has 1 aromatic rings. The molecule has 0 aromatic heterocycles. The van der Waals surface area contributed by atoms with Crippen LogP contribution in [0.3, 0.4) is 0 Å². The van der Waals surface area contributed by atoms with Crippen molar-refractivity contribution in [1.29, 1.82) is 0 Å². The third-order valence-electron chi connectivity index (χ3n) is 3.35. The van der Waals surface area contributed by atoms with Crippen molar-refractivity contribution >= 4 is 43.7 Å². The highest BCUT2D eigenvalue weighted by atomic mass is 79.9. The molecule has 2 rings (SSSR count). The van der Waals surface area contributed by atoms with Crippen LogP contribution in [-0.4, -0.2) is 61.4 Å². The van der Waals surface area contributed by atoms with Gasteiger partial charge in [0.05, 0.1) is 12.1 Å². The molecular formula is C14H17Br2N3O2. The molecule has 1 fully saturated rings. The normalized spacial score (nSPS) is 14.9. The molecule has 1 aliphatic rings. The Morgan fingerprint density at radius 3 is 2.62 bits per heavy atom. The Bertz CT molecular complexity index is 545. The summed E-state index contributed by atoms with van der Waals surface area (Å²) in [4.78, 5) is 27.9. The molecule has 0 bridgehead atoms. The lowest BCUT2D eigenvalue weighted by molar-refractivity contribution is -0.132. The van der Waals surface area contributed by atoms with Gasteiger partial charge in [0.2, 0.25) is 5.91 Å². The van der Waals surface area contributed by atoms with Crippen LogP contribution in [0.2, 0.25) is 0 Å². The van der Waals surface area contributed by atoms with E-state index in [1.165, 1.54) is 4.90 Å². The Hall–Kier alpha value is -0.920. The Labute approximate surface area is 140 Å². The SMILES string of the molecule is CN(CC(=O)N1CCNCC1)C(=O)c1cc(Br)ccc1Br. The fourth-order valence-electron chi connectivity index (χ4n) is 2.16. The average Bonchev–Trinajstić information content (AvgIpc) is 2.49. The van der Waals surface area contributed by atoms with E-state index >= 15 is 0 Å². The molecule has 21 heavy (non-hydrogen) atoms. The second-order valence-corrected chi connectivity index (χ2v) is 6.69. The van der Waals surface area contributed by atoms with Gasteiger partial charge in [-0.2, -0.15) is 0 Å². The Kier molecular flexibility index (Phi) is 5.78. The minimum atomic E-state index is -0.174. The molecule has 114 valence electrons. The van der Waals surface area contributed by atoms with Crippen molar-refractivity contribution in [2.45, 2.75) is 0 Å². The molecule has 0 unspecified atom stereocenters. The van der Waals surface area contributed by atoms with Crippen molar-refractivity contribution in [3.05, 3.63) is 32.7 Å². The second-order valence-electron chi connectivity index (χ2n) is 4.92. The first-order valence-corrected chi connectivity index (χ1v) is 8.26. The van der Waals surface area contributed by atoms with Crippen molar-refractivity contribution in [3.63, 3.8) is 0 Å². The fraction of sp³-hybridized carbons (Fsp3) is 0.429. The molecule has 1 saturated heterocycles. The van der Waals surface area contributed by atoms with Crippen LogP contribution in [0.25, 0.3) is 0 Å². The van der Waals surface area contributed by atoms with Gasteiger partial charge in [-0.05, 0) is 34.1 Å². The van der Waals surface area contributed by atoms with Crippen molar-refractivity contribution in [2.75, 3.05) is 39.8 Å². The number of piperazine rings is 1. The first kappa shape index (κ1) is 16.5. The number of amides is 2.